The predicted molar refractivity (Wildman–Crippen MR) is 117 cm³/mol. The van der Waals surface area contributed by atoms with Crippen LogP contribution in [0.25, 0.3) is 0 Å². The number of amides is 2. The van der Waals surface area contributed by atoms with E-state index in [0.717, 1.165) is 31.0 Å². The molecule has 2 amide bonds. The van der Waals surface area contributed by atoms with Crippen LogP contribution in [0.5, 0.6) is 11.5 Å². The van der Waals surface area contributed by atoms with Crippen molar-refractivity contribution in [3.05, 3.63) is 48.0 Å². The molecule has 1 unspecified atom stereocenters. The van der Waals surface area contributed by atoms with E-state index in [9.17, 15) is 9.59 Å². The van der Waals surface area contributed by atoms with Crippen molar-refractivity contribution in [2.24, 2.45) is 5.92 Å². The summed E-state index contributed by atoms with van der Waals surface area (Å²) in [5.74, 6) is 0.756. The van der Waals surface area contributed by atoms with Gasteiger partial charge < -0.3 is 19.7 Å². The lowest BCUT2D eigenvalue weighted by molar-refractivity contribution is -0.122. The highest BCUT2D eigenvalue weighted by molar-refractivity contribution is 6.03. The summed E-state index contributed by atoms with van der Waals surface area (Å²) in [6, 6.07) is 13.5. The quantitative estimate of drug-likeness (QED) is 0.804. The third-order valence-corrected chi connectivity index (χ3v) is 6.16. The fourth-order valence-corrected chi connectivity index (χ4v) is 4.47. The van der Waals surface area contributed by atoms with Gasteiger partial charge in [0.05, 0.1) is 5.92 Å². The van der Waals surface area contributed by atoms with Crippen LogP contribution in [-0.4, -0.2) is 49.6 Å². The van der Waals surface area contributed by atoms with Crippen LogP contribution in [0.3, 0.4) is 0 Å². The first-order chi connectivity index (χ1) is 15.2. The molecule has 31 heavy (non-hydrogen) atoms. The molecule has 1 N–H and O–H groups in total. The number of anilines is 2. The van der Waals surface area contributed by atoms with Crippen molar-refractivity contribution in [2.75, 3.05) is 43.1 Å². The van der Waals surface area contributed by atoms with Crippen LogP contribution < -0.4 is 19.7 Å². The third-order valence-electron chi connectivity index (χ3n) is 6.16. The molecule has 2 fully saturated rings. The highest BCUT2D eigenvalue weighted by Crippen LogP contribution is 2.36. The minimum Gasteiger partial charge on any atom is -0.486 e. The number of nitrogens with zero attached hydrogens (tertiary/aromatic N) is 2. The van der Waals surface area contributed by atoms with Crippen LogP contribution in [0, 0.1) is 5.92 Å². The van der Waals surface area contributed by atoms with Gasteiger partial charge in [0.15, 0.2) is 11.5 Å². The zero-order valence-electron chi connectivity index (χ0n) is 17.5. The molecule has 1 atom stereocenters. The van der Waals surface area contributed by atoms with Gasteiger partial charge in [-0.1, -0.05) is 12.1 Å². The number of nitrogens with one attached hydrogen (secondary N) is 1. The SMILES string of the molecule is O=C(Nc1ccc(CN2CCCC2)cc1)C1CC(=O)N(c2ccc3c(c2)OCCO3)C1. The van der Waals surface area contributed by atoms with E-state index in [0.29, 0.717) is 31.3 Å². The van der Waals surface area contributed by atoms with E-state index < -0.39 is 0 Å². The first-order valence-electron chi connectivity index (χ1n) is 11.0. The second-order valence-electron chi connectivity index (χ2n) is 8.40. The van der Waals surface area contributed by atoms with Gasteiger partial charge in [-0.2, -0.15) is 0 Å². The normalized spacial score (nSPS) is 20.8. The minimum absolute atomic E-state index is 0.0576. The minimum atomic E-state index is -0.384. The number of hydrogen-bond donors (Lipinski definition) is 1. The number of rotatable bonds is 5. The maximum absolute atomic E-state index is 12.8. The molecule has 162 valence electrons. The number of fused-ring (bicyclic) bond motifs is 1. The summed E-state index contributed by atoms with van der Waals surface area (Å²) < 4.78 is 11.2. The summed E-state index contributed by atoms with van der Waals surface area (Å²) in [6.07, 6.45) is 2.75. The van der Waals surface area contributed by atoms with Gasteiger partial charge in [0.1, 0.15) is 13.2 Å². The van der Waals surface area contributed by atoms with E-state index in [4.69, 9.17) is 9.47 Å². The Morgan fingerprint density at radius 2 is 1.74 bits per heavy atom. The maximum atomic E-state index is 12.8. The van der Waals surface area contributed by atoms with Gasteiger partial charge in [-0.3, -0.25) is 14.5 Å². The lowest BCUT2D eigenvalue weighted by atomic mass is 10.1. The molecule has 0 bridgehead atoms. The molecule has 0 aromatic heterocycles. The number of carbonyl (C=O) groups excluding carboxylic acids is 2. The third kappa shape index (κ3) is 4.37. The van der Waals surface area contributed by atoms with E-state index in [1.165, 1.54) is 18.4 Å². The lowest BCUT2D eigenvalue weighted by Crippen LogP contribution is -2.28. The molecule has 5 rings (SSSR count). The highest BCUT2D eigenvalue weighted by atomic mass is 16.6. The van der Waals surface area contributed by atoms with Crippen molar-refractivity contribution in [3.63, 3.8) is 0 Å². The Balaban J connectivity index is 1.20. The summed E-state index contributed by atoms with van der Waals surface area (Å²) in [6.45, 7) is 4.65. The fraction of sp³-hybridized carbons (Fsp3) is 0.417. The fourth-order valence-electron chi connectivity index (χ4n) is 4.47. The molecule has 0 aliphatic carbocycles. The van der Waals surface area contributed by atoms with Gasteiger partial charge in [0.2, 0.25) is 11.8 Å². The molecule has 0 saturated carbocycles. The van der Waals surface area contributed by atoms with Gasteiger partial charge >= 0.3 is 0 Å². The van der Waals surface area contributed by atoms with Crippen molar-refractivity contribution in [1.82, 2.24) is 4.90 Å². The van der Waals surface area contributed by atoms with Crippen LogP contribution in [0.2, 0.25) is 0 Å². The molecule has 2 saturated heterocycles. The van der Waals surface area contributed by atoms with Crippen molar-refractivity contribution in [2.45, 2.75) is 25.8 Å². The largest absolute Gasteiger partial charge is 0.486 e. The molecule has 3 aliphatic heterocycles. The topological polar surface area (TPSA) is 71.1 Å². The van der Waals surface area contributed by atoms with Crippen LogP contribution in [0.1, 0.15) is 24.8 Å². The Kier molecular flexibility index (Phi) is 5.51. The maximum Gasteiger partial charge on any atom is 0.229 e. The molecule has 0 radical (unpaired) electrons. The number of likely N-dealkylation sites (tertiary alicyclic amines) is 1. The van der Waals surface area contributed by atoms with Crippen LogP contribution in [-0.2, 0) is 16.1 Å². The molecule has 3 heterocycles. The van der Waals surface area contributed by atoms with Gasteiger partial charge in [-0.25, -0.2) is 0 Å². The van der Waals surface area contributed by atoms with E-state index in [1.54, 1.807) is 4.90 Å². The predicted octanol–water partition coefficient (Wildman–Crippen LogP) is 3.05. The monoisotopic (exact) mass is 421 g/mol. The summed E-state index contributed by atoms with van der Waals surface area (Å²) in [5, 5.41) is 2.97. The van der Waals surface area contributed by atoms with Gasteiger partial charge in [-0.05, 0) is 55.8 Å². The Morgan fingerprint density at radius 3 is 2.52 bits per heavy atom. The summed E-state index contributed by atoms with van der Waals surface area (Å²) >= 11 is 0. The van der Waals surface area contributed by atoms with Crippen LogP contribution in [0.4, 0.5) is 11.4 Å². The lowest BCUT2D eigenvalue weighted by Gasteiger charge is -2.22. The average Bonchev–Trinajstić information content (AvgIpc) is 3.44. The van der Waals surface area contributed by atoms with Gasteiger partial charge in [-0.15, -0.1) is 0 Å². The molecule has 7 nitrogen and oxygen atoms in total. The molecule has 7 heteroatoms. The zero-order chi connectivity index (χ0) is 21.2. The Labute approximate surface area is 181 Å². The van der Waals surface area contributed by atoms with Gasteiger partial charge in [0, 0.05) is 37.0 Å². The second kappa shape index (κ2) is 8.59. The van der Waals surface area contributed by atoms with E-state index in [2.05, 4.69) is 22.3 Å². The van der Waals surface area contributed by atoms with E-state index >= 15 is 0 Å². The smallest absolute Gasteiger partial charge is 0.229 e. The summed E-state index contributed by atoms with van der Waals surface area (Å²) in [4.78, 5) is 29.5. The average molecular weight is 421 g/mol. The number of carbonyl (C=O) groups is 2. The van der Waals surface area contributed by atoms with Crippen molar-refractivity contribution in [1.29, 1.82) is 0 Å². The standard InChI is InChI=1S/C24H27N3O4/c28-23-13-18(16-27(23)20-7-8-21-22(14-20)31-12-11-30-21)24(29)25-19-5-3-17(4-6-19)15-26-9-1-2-10-26/h3-8,14,18H,1-2,9-13,15-16H2,(H,25,29). The van der Waals surface area contributed by atoms with E-state index in [-0.39, 0.29) is 24.2 Å². The van der Waals surface area contributed by atoms with E-state index in [1.807, 2.05) is 30.3 Å². The molecular formula is C24H27N3O4. The second-order valence-corrected chi connectivity index (χ2v) is 8.40. The van der Waals surface area contributed by atoms with Gasteiger partial charge in [0.25, 0.3) is 0 Å². The summed E-state index contributed by atoms with van der Waals surface area (Å²) in [5.41, 5.74) is 2.75. The summed E-state index contributed by atoms with van der Waals surface area (Å²) in [7, 11) is 0. The number of benzene rings is 2. The van der Waals surface area contributed by atoms with Crippen molar-refractivity contribution < 1.29 is 19.1 Å². The molecule has 3 aliphatic rings. The van der Waals surface area contributed by atoms with Crippen LogP contribution in [0.15, 0.2) is 42.5 Å². The Bertz CT molecular complexity index is 969. The zero-order valence-corrected chi connectivity index (χ0v) is 17.5. The Morgan fingerprint density at radius 1 is 1.00 bits per heavy atom. The molecule has 2 aromatic carbocycles. The highest BCUT2D eigenvalue weighted by Gasteiger charge is 2.35. The molecular weight excluding hydrogens is 394 g/mol. The number of hydrogen-bond acceptors (Lipinski definition) is 5. The molecule has 0 spiro atoms. The molecule has 2 aromatic rings. The Hall–Kier alpha value is -3.06. The number of ether oxygens (including phenoxy) is 2. The van der Waals surface area contributed by atoms with Crippen molar-refractivity contribution >= 4 is 23.2 Å². The first-order valence-corrected chi connectivity index (χ1v) is 11.0. The first kappa shape index (κ1) is 19.9. The van der Waals surface area contributed by atoms with Crippen LogP contribution >= 0.6 is 0 Å². The van der Waals surface area contributed by atoms with Crippen molar-refractivity contribution in [3.8, 4) is 11.5 Å².